The van der Waals surface area contributed by atoms with Gasteiger partial charge in [0.2, 0.25) is 0 Å². The van der Waals surface area contributed by atoms with Crippen LogP contribution in [0.1, 0.15) is 5.56 Å². The summed E-state index contributed by atoms with van der Waals surface area (Å²) < 4.78 is 24.6. The number of benzene rings is 1. The summed E-state index contributed by atoms with van der Waals surface area (Å²) in [6, 6.07) is 3.78. The molecule has 0 aromatic heterocycles. The number of halogens is 2. The molecular weight excluding hydrogens is 136 g/mol. The lowest BCUT2D eigenvalue weighted by molar-refractivity contribution is -0.386. The molecule has 0 aliphatic carbocycles. The second kappa shape index (κ2) is 2.75. The first kappa shape index (κ1) is 7.15. The largest absolute Gasteiger partial charge is 0.354 e. The van der Waals surface area contributed by atoms with Crippen molar-refractivity contribution in [3.05, 3.63) is 35.4 Å². The predicted molar refractivity (Wildman–Crippen MR) is 33.0 cm³/mol. The van der Waals surface area contributed by atoms with Gasteiger partial charge in [0.1, 0.15) is 0 Å². The SMILES string of the molecule is [NH3+]Cc1ccc(F)c(F)c1. The number of quaternary nitrogens is 1. The average molecular weight is 144 g/mol. The zero-order valence-corrected chi connectivity index (χ0v) is 5.40. The van der Waals surface area contributed by atoms with Crippen LogP contribution < -0.4 is 5.73 Å². The Morgan fingerprint density at radius 3 is 2.40 bits per heavy atom. The van der Waals surface area contributed by atoms with Crippen LogP contribution in [0.2, 0.25) is 0 Å². The van der Waals surface area contributed by atoms with Gasteiger partial charge in [0, 0.05) is 5.56 Å². The van der Waals surface area contributed by atoms with Crippen molar-refractivity contribution in [2.24, 2.45) is 0 Å². The molecule has 0 fully saturated rings. The monoisotopic (exact) mass is 144 g/mol. The maximum Gasteiger partial charge on any atom is 0.159 e. The fourth-order valence-electron chi connectivity index (χ4n) is 0.695. The normalized spacial score (nSPS) is 9.90. The third-order valence-corrected chi connectivity index (χ3v) is 1.27. The standard InChI is InChI=1S/C7H7F2N/c8-6-2-1-5(4-10)3-7(6)9/h1-3H,4,10H2/p+1. The molecular formula is C7H8F2N+. The quantitative estimate of drug-likeness (QED) is 0.601. The molecule has 0 bridgehead atoms. The minimum absolute atomic E-state index is 0.483. The van der Waals surface area contributed by atoms with Gasteiger partial charge in [-0.05, 0) is 12.1 Å². The lowest BCUT2D eigenvalue weighted by Crippen LogP contribution is -2.47. The molecule has 0 atom stereocenters. The van der Waals surface area contributed by atoms with E-state index in [-0.39, 0.29) is 0 Å². The second-order valence-corrected chi connectivity index (χ2v) is 2.00. The first-order valence-corrected chi connectivity index (χ1v) is 2.97. The van der Waals surface area contributed by atoms with Gasteiger partial charge >= 0.3 is 0 Å². The Kier molecular flexibility index (Phi) is 1.97. The Balaban J connectivity index is 3.04. The van der Waals surface area contributed by atoms with E-state index in [0.717, 1.165) is 12.1 Å². The maximum atomic E-state index is 12.4. The molecule has 1 nitrogen and oxygen atoms in total. The van der Waals surface area contributed by atoms with Crippen molar-refractivity contribution in [1.29, 1.82) is 0 Å². The Hall–Kier alpha value is -0.960. The summed E-state index contributed by atoms with van der Waals surface area (Å²) in [7, 11) is 0. The van der Waals surface area contributed by atoms with Crippen LogP contribution in [0.15, 0.2) is 18.2 Å². The average Bonchev–Trinajstić information content (AvgIpc) is 1.95. The minimum atomic E-state index is -0.808. The predicted octanol–water partition coefficient (Wildman–Crippen LogP) is 0.707. The van der Waals surface area contributed by atoms with Gasteiger partial charge in [0.05, 0.1) is 6.54 Å². The third kappa shape index (κ3) is 1.30. The summed E-state index contributed by atoms with van der Waals surface area (Å²) in [5.41, 5.74) is 4.24. The molecule has 54 valence electrons. The fraction of sp³-hybridized carbons (Fsp3) is 0.143. The summed E-state index contributed by atoms with van der Waals surface area (Å²) in [6.45, 7) is 0.483. The Morgan fingerprint density at radius 2 is 1.90 bits per heavy atom. The van der Waals surface area contributed by atoms with Gasteiger partial charge in [0.15, 0.2) is 11.6 Å². The van der Waals surface area contributed by atoms with Crippen molar-refractivity contribution in [3.63, 3.8) is 0 Å². The first-order chi connectivity index (χ1) is 4.74. The molecule has 10 heavy (non-hydrogen) atoms. The molecule has 0 saturated carbocycles. The zero-order valence-electron chi connectivity index (χ0n) is 5.40. The van der Waals surface area contributed by atoms with Crippen molar-refractivity contribution >= 4 is 0 Å². The molecule has 0 radical (unpaired) electrons. The highest BCUT2D eigenvalue weighted by Crippen LogP contribution is 2.06. The molecule has 0 amide bonds. The highest BCUT2D eigenvalue weighted by atomic mass is 19.2. The van der Waals surface area contributed by atoms with E-state index >= 15 is 0 Å². The van der Waals surface area contributed by atoms with Crippen LogP contribution in [0.3, 0.4) is 0 Å². The summed E-state index contributed by atoms with van der Waals surface area (Å²) >= 11 is 0. The summed E-state index contributed by atoms with van der Waals surface area (Å²) in [4.78, 5) is 0. The van der Waals surface area contributed by atoms with Crippen LogP contribution in [-0.2, 0) is 6.54 Å². The van der Waals surface area contributed by atoms with Gasteiger partial charge in [-0.3, -0.25) is 0 Å². The van der Waals surface area contributed by atoms with Gasteiger partial charge < -0.3 is 5.73 Å². The van der Waals surface area contributed by atoms with Crippen LogP contribution in [0, 0.1) is 11.6 Å². The van der Waals surface area contributed by atoms with E-state index in [1.54, 1.807) is 0 Å². The number of rotatable bonds is 1. The Labute approximate surface area is 57.5 Å². The number of hydrogen-bond acceptors (Lipinski definition) is 0. The van der Waals surface area contributed by atoms with E-state index in [4.69, 9.17) is 0 Å². The van der Waals surface area contributed by atoms with E-state index in [1.165, 1.54) is 6.07 Å². The van der Waals surface area contributed by atoms with Crippen LogP contribution >= 0.6 is 0 Å². The van der Waals surface area contributed by atoms with Gasteiger partial charge in [-0.2, -0.15) is 0 Å². The molecule has 1 aromatic rings. The zero-order chi connectivity index (χ0) is 7.56. The Morgan fingerprint density at radius 1 is 1.20 bits per heavy atom. The van der Waals surface area contributed by atoms with E-state index in [9.17, 15) is 8.78 Å². The maximum absolute atomic E-state index is 12.4. The van der Waals surface area contributed by atoms with Crippen molar-refractivity contribution in [2.75, 3.05) is 0 Å². The van der Waals surface area contributed by atoms with E-state index < -0.39 is 11.6 Å². The van der Waals surface area contributed by atoms with Crippen LogP contribution in [0.4, 0.5) is 8.78 Å². The van der Waals surface area contributed by atoms with E-state index in [1.807, 2.05) is 0 Å². The smallest absolute Gasteiger partial charge is 0.159 e. The van der Waals surface area contributed by atoms with Crippen molar-refractivity contribution in [3.8, 4) is 0 Å². The molecule has 1 rings (SSSR count). The first-order valence-electron chi connectivity index (χ1n) is 2.97. The molecule has 0 saturated heterocycles. The van der Waals surface area contributed by atoms with Gasteiger partial charge in [0.25, 0.3) is 0 Å². The molecule has 3 heteroatoms. The highest BCUT2D eigenvalue weighted by molar-refractivity contribution is 5.16. The molecule has 0 aliphatic rings. The molecule has 1 aromatic carbocycles. The van der Waals surface area contributed by atoms with Crippen molar-refractivity contribution < 1.29 is 14.5 Å². The third-order valence-electron chi connectivity index (χ3n) is 1.27. The summed E-state index contributed by atoms with van der Waals surface area (Å²) in [6.07, 6.45) is 0. The molecule has 0 unspecified atom stereocenters. The lowest BCUT2D eigenvalue weighted by atomic mass is 10.2. The minimum Gasteiger partial charge on any atom is -0.354 e. The van der Waals surface area contributed by atoms with Crippen LogP contribution in [0.5, 0.6) is 0 Å². The van der Waals surface area contributed by atoms with Crippen LogP contribution in [-0.4, -0.2) is 0 Å². The fourth-order valence-corrected chi connectivity index (χ4v) is 0.695. The van der Waals surface area contributed by atoms with Crippen LogP contribution in [0.25, 0.3) is 0 Å². The molecule has 0 heterocycles. The topological polar surface area (TPSA) is 27.6 Å². The van der Waals surface area contributed by atoms with E-state index in [2.05, 4.69) is 5.73 Å². The van der Waals surface area contributed by atoms with Gasteiger partial charge in [-0.1, -0.05) is 6.07 Å². The molecule has 0 spiro atoms. The van der Waals surface area contributed by atoms with Crippen molar-refractivity contribution in [2.45, 2.75) is 6.54 Å². The Bertz CT molecular complexity index is 235. The second-order valence-electron chi connectivity index (χ2n) is 2.00. The van der Waals surface area contributed by atoms with Crippen molar-refractivity contribution in [1.82, 2.24) is 0 Å². The molecule has 3 N–H and O–H groups in total. The number of hydrogen-bond donors (Lipinski definition) is 1. The lowest BCUT2D eigenvalue weighted by Gasteiger charge is -1.94. The summed E-state index contributed by atoms with van der Waals surface area (Å²) in [5, 5.41) is 0. The molecule has 0 aliphatic heterocycles. The summed E-state index contributed by atoms with van der Waals surface area (Å²) in [5.74, 6) is -1.61. The highest BCUT2D eigenvalue weighted by Gasteiger charge is 2.00. The van der Waals surface area contributed by atoms with Gasteiger partial charge in [-0.15, -0.1) is 0 Å². The van der Waals surface area contributed by atoms with E-state index in [0.29, 0.717) is 12.1 Å². The van der Waals surface area contributed by atoms with Gasteiger partial charge in [-0.25, -0.2) is 8.78 Å².